The van der Waals surface area contributed by atoms with E-state index in [9.17, 15) is 14.4 Å². The van der Waals surface area contributed by atoms with Gasteiger partial charge in [-0.05, 0) is 12.1 Å². The molecule has 1 aliphatic heterocycles. The average molecular weight is 304 g/mol. The Balaban J connectivity index is 2.11. The fourth-order valence-corrected chi connectivity index (χ4v) is 2.50. The number of esters is 1. The first-order valence-corrected chi connectivity index (χ1v) is 7.23. The zero-order valence-electron chi connectivity index (χ0n) is 12.8. The number of rotatable bonds is 5. The van der Waals surface area contributed by atoms with Crippen molar-refractivity contribution in [2.24, 2.45) is 5.92 Å². The summed E-state index contributed by atoms with van der Waals surface area (Å²) in [4.78, 5) is 38.4. The molecule has 0 radical (unpaired) electrons. The molecule has 0 N–H and O–H groups in total. The predicted octanol–water partition coefficient (Wildman–Crippen LogP) is 1.06. The number of para-hydroxylation sites is 1. The van der Waals surface area contributed by atoms with E-state index < -0.39 is 0 Å². The summed E-state index contributed by atoms with van der Waals surface area (Å²) >= 11 is 0. The Morgan fingerprint density at radius 3 is 2.55 bits per heavy atom. The highest BCUT2D eigenvalue weighted by Gasteiger charge is 2.35. The first-order valence-electron chi connectivity index (χ1n) is 7.23. The number of amides is 2. The molecule has 0 aliphatic carbocycles. The lowest BCUT2D eigenvalue weighted by atomic mass is 10.1. The van der Waals surface area contributed by atoms with Gasteiger partial charge in [-0.2, -0.15) is 0 Å². The molecule has 2 rings (SSSR count). The van der Waals surface area contributed by atoms with Crippen molar-refractivity contribution in [3.63, 3.8) is 0 Å². The van der Waals surface area contributed by atoms with Crippen LogP contribution in [0.5, 0.6) is 0 Å². The summed E-state index contributed by atoms with van der Waals surface area (Å²) in [5.41, 5.74) is 0.738. The van der Waals surface area contributed by atoms with Gasteiger partial charge in [-0.15, -0.1) is 0 Å². The fourth-order valence-electron chi connectivity index (χ4n) is 2.50. The van der Waals surface area contributed by atoms with Gasteiger partial charge in [0.05, 0.1) is 12.5 Å². The largest absolute Gasteiger partial charge is 0.464 e. The Kier molecular flexibility index (Phi) is 5.14. The van der Waals surface area contributed by atoms with Gasteiger partial charge < -0.3 is 14.5 Å². The minimum absolute atomic E-state index is 0.0219. The number of hydrogen-bond acceptors (Lipinski definition) is 4. The van der Waals surface area contributed by atoms with Gasteiger partial charge in [0.1, 0.15) is 6.61 Å². The second-order valence-corrected chi connectivity index (χ2v) is 5.34. The first kappa shape index (κ1) is 16.0. The van der Waals surface area contributed by atoms with Crippen LogP contribution in [0.25, 0.3) is 0 Å². The van der Waals surface area contributed by atoms with Crippen LogP contribution < -0.4 is 4.90 Å². The molecule has 0 saturated carbocycles. The van der Waals surface area contributed by atoms with Crippen LogP contribution in [0, 0.1) is 5.92 Å². The molecule has 6 nitrogen and oxygen atoms in total. The van der Waals surface area contributed by atoms with Crippen LogP contribution >= 0.6 is 0 Å². The van der Waals surface area contributed by atoms with E-state index in [1.54, 1.807) is 16.8 Å². The maximum Gasteiger partial charge on any atom is 0.302 e. The van der Waals surface area contributed by atoms with Crippen LogP contribution in [0.3, 0.4) is 0 Å². The Morgan fingerprint density at radius 2 is 2.00 bits per heavy atom. The van der Waals surface area contributed by atoms with E-state index in [4.69, 9.17) is 4.74 Å². The number of likely N-dealkylation sites (tertiary alicyclic amines) is 1. The molecule has 6 heteroatoms. The molecule has 1 aliphatic rings. The number of anilines is 1. The molecule has 1 saturated heterocycles. The molecular formula is C16H20N2O4. The number of carbonyl (C=O) groups is 3. The van der Waals surface area contributed by atoms with E-state index >= 15 is 0 Å². The van der Waals surface area contributed by atoms with Crippen molar-refractivity contribution in [3.8, 4) is 0 Å². The SMILES string of the molecule is CC(=O)OCCN(C(=O)C1CC(=O)N(C)C1)c1ccccc1. The van der Waals surface area contributed by atoms with E-state index in [-0.39, 0.29) is 43.3 Å². The second-order valence-electron chi connectivity index (χ2n) is 5.34. The van der Waals surface area contributed by atoms with Crippen molar-refractivity contribution >= 4 is 23.5 Å². The summed E-state index contributed by atoms with van der Waals surface area (Å²) in [5.74, 6) is -0.867. The first-order chi connectivity index (χ1) is 10.5. The molecular weight excluding hydrogens is 284 g/mol. The molecule has 2 amide bonds. The predicted molar refractivity (Wildman–Crippen MR) is 81.2 cm³/mol. The summed E-state index contributed by atoms with van der Waals surface area (Å²) < 4.78 is 4.94. The Morgan fingerprint density at radius 1 is 1.32 bits per heavy atom. The Hall–Kier alpha value is -2.37. The summed E-state index contributed by atoms with van der Waals surface area (Å²) in [6.07, 6.45) is 0.228. The van der Waals surface area contributed by atoms with E-state index in [1.807, 2.05) is 30.3 Å². The lowest BCUT2D eigenvalue weighted by molar-refractivity contribution is -0.141. The fraction of sp³-hybridized carbons (Fsp3) is 0.438. The van der Waals surface area contributed by atoms with Crippen molar-refractivity contribution < 1.29 is 19.1 Å². The standard InChI is InChI=1S/C16H20N2O4/c1-12(19)22-9-8-18(14-6-4-3-5-7-14)16(21)13-10-15(20)17(2)11-13/h3-7,13H,8-11H2,1-2H3. The minimum Gasteiger partial charge on any atom is -0.464 e. The van der Waals surface area contributed by atoms with Crippen molar-refractivity contribution in [1.29, 1.82) is 0 Å². The highest BCUT2D eigenvalue weighted by molar-refractivity contribution is 5.99. The summed E-state index contributed by atoms with van der Waals surface area (Å²) in [5, 5.41) is 0. The molecule has 0 spiro atoms. The lowest BCUT2D eigenvalue weighted by Gasteiger charge is -2.25. The molecule has 0 bridgehead atoms. The van der Waals surface area contributed by atoms with E-state index in [2.05, 4.69) is 0 Å². The molecule has 1 fully saturated rings. The van der Waals surface area contributed by atoms with Gasteiger partial charge in [-0.3, -0.25) is 14.4 Å². The molecule has 0 aromatic heterocycles. The van der Waals surface area contributed by atoms with Crippen LogP contribution in [0.1, 0.15) is 13.3 Å². The van der Waals surface area contributed by atoms with Gasteiger partial charge in [0.15, 0.2) is 0 Å². The minimum atomic E-state index is -0.378. The highest BCUT2D eigenvalue weighted by atomic mass is 16.5. The summed E-state index contributed by atoms with van der Waals surface area (Å²) in [7, 11) is 1.70. The van der Waals surface area contributed by atoms with Crippen molar-refractivity contribution in [2.75, 3.05) is 31.6 Å². The third-order valence-corrected chi connectivity index (χ3v) is 3.64. The number of nitrogens with zero attached hydrogens (tertiary/aromatic N) is 2. The smallest absolute Gasteiger partial charge is 0.302 e. The Bertz CT molecular complexity index is 559. The molecule has 1 heterocycles. The van der Waals surface area contributed by atoms with Gasteiger partial charge in [-0.25, -0.2) is 0 Å². The lowest BCUT2D eigenvalue weighted by Crippen LogP contribution is -2.39. The highest BCUT2D eigenvalue weighted by Crippen LogP contribution is 2.22. The quantitative estimate of drug-likeness (QED) is 0.763. The van der Waals surface area contributed by atoms with Crippen LogP contribution in [0.15, 0.2) is 30.3 Å². The maximum absolute atomic E-state index is 12.7. The van der Waals surface area contributed by atoms with Crippen molar-refractivity contribution in [1.82, 2.24) is 4.90 Å². The van der Waals surface area contributed by atoms with Crippen LogP contribution in [0.4, 0.5) is 5.69 Å². The molecule has 118 valence electrons. The third-order valence-electron chi connectivity index (χ3n) is 3.64. The summed E-state index contributed by atoms with van der Waals surface area (Å²) in [6, 6.07) is 9.20. The van der Waals surface area contributed by atoms with Gasteiger partial charge in [0.2, 0.25) is 11.8 Å². The van der Waals surface area contributed by atoms with Gasteiger partial charge in [-0.1, -0.05) is 18.2 Å². The molecule has 1 aromatic carbocycles. The number of carbonyl (C=O) groups excluding carboxylic acids is 3. The summed E-state index contributed by atoms with van der Waals surface area (Å²) in [6.45, 7) is 2.16. The Labute approximate surface area is 129 Å². The van der Waals surface area contributed by atoms with E-state index in [1.165, 1.54) is 6.92 Å². The molecule has 1 aromatic rings. The zero-order valence-corrected chi connectivity index (χ0v) is 12.8. The van der Waals surface area contributed by atoms with Crippen LogP contribution in [-0.2, 0) is 19.1 Å². The number of benzene rings is 1. The van der Waals surface area contributed by atoms with Gasteiger partial charge in [0, 0.05) is 32.6 Å². The topological polar surface area (TPSA) is 66.9 Å². The molecule has 22 heavy (non-hydrogen) atoms. The van der Waals surface area contributed by atoms with Crippen LogP contribution in [0.2, 0.25) is 0 Å². The van der Waals surface area contributed by atoms with Gasteiger partial charge >= 0.3 is 5.97 Å². The van der Waals surface area contributed by atoms with Crippen molar-refractivity contribution in [2.45, 2.75) is 13.3 Å². The zero-order chi connectivity index (χ0) is 16.1. The second kappa shape index (κ2) is 7.06. The van der Waals surface area contributed by atoms with Gasteiger partial charge in [0.25, 0.3) is 0 Å². The molecule has 1 atom stereocenters. The molecule has 1 unspecified atom stereocenters. The maximum atomic E-state index is 12.7. The van der Waals surface area contributed by atoms with E-state index in [0.29, 0.717) is 6.54 Å². The third kappa shape index (κ3) is 3.84. The average Bonchev–Trinajstić information content (AvgIpc) is 2.83. The number of hydrogen-bond donors (Lipinski definition) is 0. The monoisotopic (exact) mass is 304 g/mol. The van der Waals surface area contributed by atoms with Crippen molar-refractivity contribution in [3.05, 3.63) is 30.3 Å². The normalized spacial score (nSPS) is 17.5. The number of ether oxygens (including phenoxy) is 1. The van der Waals surface area contributed by atoms with E-state index in [0.717, 1.165) is 5.69 Å². The van der Waals surface area contributed by atoms with Crippen LogP contribution in [-0.4, -0.2) is 49.4 Å².